The number of hydrogen-bond donors (Lipinski definition) is 0. The van der Waals surface area contributed by atoms with Crippen LogP contribution in [0, 0.1) is 6.92 Å². The Labute approximate surface area is 182 Å². The maximum atomic E-state index is 13.0. The van der Waals surface area contributed by atoms with Crippen molar-refractivity contribution in [3.05, 3.63) is 60.2 Å². The Balaban J connectivity index is 1.39. The Morgan fingerprint density at radius 1 is 1.09 bits per heavy atom. The van der Waals surface area contributed by atoms with Gasteiger partial charge in [0.05, 0.1) is 23.1 Å². The zero-order valence-electron chi connectivity index (χ0n) is 17.3. The Hall–Kier alpha value is -3.63. The van der Waals surface area contributed by atoms with Crippen LogP contribution in [0.4, 0.5) is 19.0 Å². The lowest BCUT2D eigenvalue weighted by molar-refractivity contribution is -0.154. The number of alkyl halides is 3. The fraction of sp³-hybridized carbons (Fsp3) is 0.333. The molecular weight excluding hydrogens is 425 g/mol. The van der Waals surface area contributed by atoms with Crippen LogP contribution in [-0.2, 0) is 0 Å². The van der Waals surface area contributed by atoms with Gasteiger partial charge in [-0.15, -0.1) is 0 Å². The van der Waals surface area contributed by atoms with E-state index in [0.717, 1.165) is 11.4 Å². The average Bonchev–Trinajstić information content (AvgIpc) is 3.19. The van der Waals surface area contributed by atoms with Crippen molar-refractivity contribution in [2.75, 3.05) is 37.7 Å². The first kappa shape index (κ1) is 21.6. The lowest BCUT2D eigenvalue weighted by Crippen LogP contribution is -2.49. The van der Waals surface area contributed by atoms with Crippen LogP contribution in [-0.4, -0.2) is 69.5 Å². The Bertz CT molecular complexity index is 1080. The van der Waals surface area contributed by atoms with Gasteiger partial charge < -0.3 is 14.5 Å². The number of amides is 1. The Kier molecular flexibility index (Phi) is 5.97. The van der Waals surface area contributed by atoms with Crippen LogP contribution in [0.2, 0.25) is 0 Å². The van der Waals surface area contributed by atoms with Crippen LogP contribution in [0.25, 0.3) is 5.69 Å². The highest BCUT2D eigenvalue weighted by Gasteiger charge is 2.29. The predicted molar refractivity (Wildman–Crippen MR) is 110 cm³/mol. The van der Waals surface area contributed by atoms with Crippen LogP contribution >= 0.6 is 0 Å². The first-order valence-electron chi connectivity index (χ1n) is 9.98. The molecule has 4 rings (SSSR count). The molecule has 0 unspecified atom stereocenters. The number of halogens is 3. The van der Waals surface area contributed by atoms with E-state index < -0.39 is 12.8 Å². The highest BCUT2D eigenvalue weighted by atomic mass is 19.4. The molecule has 0 N–H and O–H groups in total. The van der Waals surface area contributed by atoms with Gasteiger partial charge in [0.25, 0.3) is 5.91 Å². The Morgan fingerprint density at radius 3 is 2.50 bits per heavy atom. The molecule has 32 heavy (non-hydrogen) atoms. The van der Waals surface area contributed by atoms with Gasteiger partial charge in [0.15, 0.2) is 6.61 Å². The monoisotopic (exact) mass is 446 g/mol. The van der Waals surface area contributed by atoms with Gasteiger partial charge in [0.2, 0.25) is 5.88 Å². The minimum Gasteiger partial charge on any atom is -0.468 e. The van der Waals surface area contributed by atoms with Crippen LogP contribution in [0.5, 0.6) is 5.88 Å². The normalized spacial score (nSPS) is 14.5. The second kappa shape index (κ2) is 8.85. The average molecular weight is 446 g/mol. The second-order valence-electron chi connectivity index (χ2n) is 7.29. The molecule has 2 aromatic heterocycles. The molecule has 1 aliphatic rings. The van der Waals surface area contributed by atoms with Gasteiger partial charge in [-0.25, -0.2) is 14.6 Å². The number of benzene rings is 1. The molecule has 0 saturated carbocycles. The van der Waals surface area contributed by atoms with Crippen molar-refractivity contribution in [3.63, 3.8) is 0 Å². The standard InChI is InChI=1S/C21H21F3N6O2/c1-15-17(12-27-30(15)16-5-3-2-4-6-16)20(31)29-9-7-28(8-10-29)18-11-19(26-14-25-18)32-13-21(22,23)24/h2-6,11-12,14H,7-10,13H2,1H3. The lowest BCUT2D eigenvalue weighted by atomic mass is 10.2. The molecule has 0 spiro atoms. The van der Waals surface area contributed by atoms with E-state index in [1.807, 2.05) is 42.2 Å². The largest absolute Gasteiger partial charge is 0.468 e. The fourth-order valence-corrected chi connectivity index (χ4v) is 3.50. The van der Waals surface area contributed by atoms with Crippen molar-refractivity contribution in [2.24, 2.45) is 0 Å². The van der Waals surface area contributed by atoms with E-state index in [1.54, 1.807) is 15.8 Å². The van der Waals surface area contributed by atoms with Gasteiger partial charge in [-0.2, -0.15) is 18.3 Å². The summed E-state index contributed by atoms with van der Waals surface area (Å²) in [5, 5.41) is 4.36. The number of carbonyl (C=O) groups excluding carboxylic acids is 1. The maximum absolute atomic E-state index is 13.0. The van der Waals surface area contributed by atoms with E-state index in [9.17, 15) is 18.0 Å². The van der Waals surface area contributed by atoms with E-state index >= 15 is 0 Å². The first-order chi connectivity index (χ1) is 15.3. The summed E-state index contributed by atoms with van der Waals surface area (Å²) in [5.41, 5.74) is 2.17. The summed E-state index contributed by atoms with van der Waals surface area (Å²) in [6.07, 6.45) is -1.70. The summed E-state index contributed by atoms with van der Waals surface area (Å²) >= 11 is 0. The van der Waals surface area contributed by atoms with Gasteiger partial charge >= 0.3 is 6.18 Å². The minimum atomic E-state index is -4.44. The summed E-state index contributed by atoms with van der Waals surface area (Å²) in [5.74, 6) is 0.202. The van der Waals surface area contributed by atoms with Gasteiger partial charge in [-0.05, 0) is 19.1 Å². The zero-order valence-corrected chi connectivity index (χ0v) is 17.3. The molecule has 1 aromatic carbocycles. The summed E-state index contributed by atoms with van der Waals surface area (Å²) < 4.78 is 43.5. The molecule has 11 heteroatoms. The third kappa shape index (κ3) is 4.82. The second-order valence-corrected chi connectivity index (χ2v) is 7.29. The van der Waals surface area contributed by atoms with E-state index in [0.29, 0.717) is 37.6 Å². The molecule has 0 bridgehead atoms. The quantitative estimate of drug-likeness (QED) is 0.600. The van der Waals surface area contributed by atoms with E-state index in [-0.39, 0.29) is 11.8 Å². The van der Waals surface area contributed by atoms with Gasteiger partial charge in [0.1, 0.15) is 12.1 Å². The fourth-order valence-electron chi connectivity index (χ4n) is 3.50. The van der Waals surface area contributed by atoms with Crippen molar-refractivity contribution in [2.45, 2.75) is 13.1 Å². The first-order valence-corrected chi connectivity index (χ1v) is 9.98. The van der Waals surface area contributed by atoms with Crippen molar-refractivity contribution in [3.8, 4) is 11.6 Å². The highest BCUT2D eigenvalue weighted by molar-refractivity contribution is 5.95. The van der Waals surface area contributed by atoms with Gasteiger partial charge in [-0.3, -0.25) is 4.79 Å². The zero-order chi connectivity index (χ0) is 22.7. The summed E-state index contributed by atoms with van der Waals surface area (Å²) in [7, 11) is 0. The number of anilines is 1. The van der Waals surface area contributed by atoms with Gasteiger partial charge in [0, 0.05) is 32.2 Å². The minimum absolute atomic E-state index is 0.110. The molecule has 0 atom stereocenters. The molecule has 168 valence electrons. The van der Waals surface area contributed by atoms with Crippen LogP contribution < -0.4 is 9.64 Å². The molecule has 1 aliphatic heterocycles. The number of hydrogen-bond acceptors (Lipinski definition) is 6. The van der Waals surface area contributed by atoms with Crippen LogP contribution in [0.15, 0.2) is 48.9 Å². The number of carbonyl (C=O) groups is 1. The number of para-hydroxylation sites is 1. The summed E-state index contributed by atoms with van der Waals surface area (Å²) in [4.78, 5) is 24.5. The molecule has 0 aliphatic carbocycles. The molecular formula is C21H21F3N6O2. The third-order valence-electron chi connectivity index (χ3n) is 5.14. The van der Waals surface area contributed by atoms with Crippen molar-refractivity contribution < 1.29 is 22.7 Å². The van der Waals surface area contributed by atoms with Gasteiger partial charge in [-0.1, -0.05) is 18.2 Å². The van der Waals surface area contributed by atoms with E-state index in [4.69, 9.17) is 4.74 Å². The van der Waals surface area contributed by atoms with Crippen molar-refractivity contribution in [1.82, 2.24) is 24.6 Å². The lowest BCUT2D eigenvalue weighted by Gasteiger charge is -2.35. The smallest absolute Gasteiger partial charge is 0.422 e. The van der Waals surface area contributed by atoms with Crippen LogP contribution in [0.1, 0.15) is 16.1 Å². The number of ether oxygens (including phenoxy) is 1. The van der Waals surface area contributed by atoms with Crippen molar-refractivity contribution >= 4 is 11.7 Å². The Morgan fingerprint density at radius 2 is 1.81 bits per heavy atom. The molecule has 1 amide bonds. The predicted octanol–water partition coefficient (Wildman–Crippen LogP) is 2.87. The number of nitrogens with zero attached hydrogens (tertiary/aromatic N) is 6. The molecule has 1 fully saturated rings. The number of rotatable bonds is 5. The topological polar surface area (TPSA) is 76.4 Å². The van der Waals surface area contributed by atoms with Crippen molar-refractivity contribution in [1.29, 1.82) is 0 Å². The summed E-state index contributed by atoms with van der Waals surface area (Å²) in [6, 6.07) is 10.9. The van der Waals surface area contributed by atoms with E-state index in [2.05, 4.69) is 15.1 Å². The molecule has 0 radical (unpaired) electrons. The number of piperazine rings is 1. The SMILES string of the molecule is Cc1c(C(=O)N2CCN(c3cc(OCC(F)(F)F)ncn3)CC2)cnn1-c1ccccc1. The maximum Gasteiger partial charge on any atom is 0.422 e. The van der Waals surface area contributed by atoms with E-state index in [1.165, 1.54) is 12.4 Å². The third-order valence-corrected chi connectivity index (χ3v) is 5.14. The number of aromatic nitrogens is 4. The summed E-state index contributed by atoms with van der Waals surface area (Å²) in [6.45, 7) is 2.28. The molecule has 8 nitrogen and oxygen atoms in total. The molecule has 3 heterocycles. The highest BCUT2D eigenvalue weighted by Crippen LogP contribution is 2.22. The molecule has 3 aromatic rings. The molecule has 1 saturated heterocycles. The van der Waals surface area contributed by atoms with Crippen LogP contribution in [0.3, 0.4) is 0 Å².